The summed E-state index contributed by atoms with van der Waals surface area (Å²) in [6.45, 7) is 0. The highest BCUT2D eigenvalue weighted by molar-refractivity contribution is 5.94. The van der Waals surface area contributed by atoms with Crippen molar-refractivity contribution in [2.75, 3.05) is 19.5 Å². The van der Waals surface area contributed by atoms with Gasteiger partial charge in [-0.25, -0.2) is 13.8 Å². The van der Waals surface area contributed by atoms with E-state index in [1.165, 1.54) is 25.1 Å². The third kappa shape index (κ3) is 3.24. The number of ether oxygens (including phenoxy) is 2. The average molecular weight is 401 g/mol. The predicted molar refractivity (Wildman–Crippen MR) is 99.8 cm³/mol. The molecule has 1 aromatic heterocycles. The first-order valence-electron chi connectivity index (χ1n) is 8.69. The standard InChI is InChI=1S/C20H17F2N3O4/c1-28-15-3-10(4-16(29-2)19(15)27)14-8-17(26)24-20-18(14)23-9-25(20)13-6-11(21)5-12(22)7-13/h3-7,9,14,27H,8H2,1-2H3,(H,24,26). The van der Waals surface area contributed by atoms with Crippen LogP contribution in [0.15, 0.2) is 36.7 Å². The first kappa shape index (κ1) is 18.7. The lowest BCUT2D eigenvalue weighted by Crippen LogP contribution is -2.25. The van der Waals surface area contributed by atoms with Gasteiger partial charge in [0.25, 0.3) is 0 Å². The summed E-state index contributed by atoms with van der Waals surface area (Å²) < 4.78 is 39.1. The van der Waals surface area contributed by atoms with E-state index in [9.17, 15) is 18.7 Å². The molecule has 7 nitrogen and oxygen atoms in total. The lowest BCUT2D eigenvalue weighted by atomic mass is 9.89. The molecule has 1 unspecified atom stereocenters. The molecule has 1 aliphatic heterocycles. The van der Waals surface area contributed by atoms with Crippen LogP contribution in [0, 0.1) is 11.6 Å². The Bertz CT molecular complexity index is 1070. The van der Waals surface area contributed by atoms with Gasteiger partial charge in [0.05, 0.1) is 25.6 Å². The second-order valence-electron chi connectivity index (χ2n) is 6.55. The van der Waals surface area contributed by atoms with Crippen LogP contribution in [0.5, 0.6) is 17.2 Å². The fraction of sp³-hybridized carbons (Fsp3) is 0.200. The number of benzene rings is 2. The number of methoxy groups -OCH3 is 2. The SMILES string of the molecule is COc1cc(C2CC(=O)Nc3c2ncn3-c2cc(F)cc(F)c2)cc(OC)c1O. The summed E-state index contributed by atoms with van der Waals surface area (Å²) in [6, 6.07) is 6.27. The number of amides is 1. The molecular formula is C20H17F2N3O4. The van der Waals surface area contributed by atoms with Gasteiger partial charge in [-0.3, -0.25) is 9.36 Å². The minimum Gasteiger partial charge on any atom is -0.502 e. The number of carbonyl (C=O) groups is 1. The van der Waals surface area contributed by atoms with E-state index >= 15 is 0 Å². The number of carbonyl (C=O) groups excluding carboxylic acids is 1. The number of fused-ring (bicyclic) bond motifs is 1. The van der Waals surface area contributed by atoms with Crippen molar-refractivity contribution in [3.8, 4) is 22.9 Å². The van der Waals surface area contributed by atoms with Crippen molar-refractivity contribution in [3.05, 3.63) is 59.6 Å². The third-order valence-corrected chi connectivity index (χ3v) is 4.80. The van der Waals surface area contributed by atoms with Crippen LogP contribution in [0.1, 0.15) is 23.6 Å². The second-order valence-corrected chi connectivity index (χ2v) is 6.55. The zero-order chi connectivity index (χ0) is 20.7. The Balaban J connectivity index is 1.85. The molecule has 3 aromatic rings. The first-order valence-corrected chi connectivity index (χ1v) is 8.69. The fourth-order valence-electron chi connectivity index (χ4n) is 3.47. The van der Waals surface area contributed by atoms with Crippen LogP contribution >= 0.6 is 0 Å². The summed E-state index contributed by atoms with van der Waals surface area (Å²) in [5, 5.41) is 12.9. The Kier molecular flexibility index (Phi) is 4.57. The summed E-state index contributed by atoms with van der Waals surface area (Å²) in [6.07, 6.45) is 1.49. The van der Waals surface area contributed by atoms with E-state index < -0.39 is 17.6 Å². The Morgan fingerprint density at radius 2 is 1.72 bits per heavy atom. The van der Waals surface area contributed by atoms with Gasteiger partial charge in [0, 0.05) is 18.4 Å². The topological polar surface area (TPSA) is 85.6 Å². The van der Waals surface area contributed by atoms with Gasteiger partial charge in [0.15, 0.2) is 11.5 Å². The van der Waals surface area contributed by atoms with Gasteiger partial charge >= 0.3 is 0 Å². The molecule has 2 heterocycles. The van der Waals surface area contributed by atoms with E-state index in [1.54, 1.807) is 12.1 Å². The van der Waals surface area contributed by atoms with E-state index in [2.05, 4.69) is 10.3 Å². The van der Waals surface area contributed by atoms with Crippen LogP contribution in [0.4, 0.5) is 14.6 Å². The third-order valence-electron chi connectivity index (χ3n) is 4.80. The van der Waals surface area contributed by atoms with E-state index in [4.69, 9.17) is 9.47 Å². The maximum atomic E-state index is 13.7. The second kappa shape index (κ2) is 7.08. The van der Waals surface area contributed by atoms with Crippen molar-refractivity contribution in [2.24, 2.45) is 0 Å². The fourth-order valence-corrected chi connectivity index (χ4v) is 3.47. The monoisotopic (exact) mass is 401 g/mol. The number of phenolic OH excluding ortho intramolecular Hbond substituents is 1. The van der Waals surface area contributed by atoms with Crippen molar-refractivity contribution in [1.29, 1.82) is 0 Å². The van der Waals surface area contributed by atoms with Crippen LogP contribution in [0.2, 0.25) is 0 Å². The maximum Gasteiger partial charge on any atom is 0.226 e. The summed E-state index contributed by atoms with van der Waals surface area (Å²) >= 11 is 0. The number of anilines is 1. The summed E-state index contributed by atoms with van der Waals surface area (Å²) in [5.41, 5.74) is 1.35. The molecule has 0 aliphatic carbocycles. The van der Waals surface area contributed by atoms with Crippen molar-refractivity contribution in [3.63, 3.8) is 0 Å². The van der Waals surface area contributed by atoms with E-state index in [-0.39, 0.29) is 35.3 Å². The van der Waals surface area contributed by atoms with Crippen LogP contribution in [-0.2, 0) is 4.79 Å². The predicted octanol–water partition coefficient (Wildman–Crippen LogP) is 3.35. The molecule has 9 heteroatoms. The number of nitrogens with one attached hydrogen (secondary N) is 1. The summed E-state index contributed by atoms with van der Waals surface area (Å²) in [7, 11) is 2.81. The molecule has 0 spiro atoms. The zero-order valence-electron chi connectivity index (χ0n) is 15.6. The molecule has 29 heavy (non-hydrogen) atoms. The molecule has 1 amide bonds. The number of rotatable bonds is 4. The summed E-state index contributed by atoms with van der Waals surface area (Å²) in [4.78, 5) is 16.8. The van der Waals surface area contributed by atoms with Crippen LogP contribution in [-0.4, -0.2) is 34.8 Å². The van der Waals surface area contributed by atoms with Gasteiger partial charge in [-0.15, -0.1) is 0 Å². The van der Waals surface area contributed by atoms with E-state index in [0.29, 0.717) is 17.1 Å². The molecule has 0 saturated carbocycles. The Morgan fingerprint density at radius 3 is 2.31 bits per heavy atom. The molecule has 0 saturated heterocycles. The first-order chi connectivity index (χ1) is 13.9. The highest BCUT2D eigenvalue weighted by Gasteiger charge is 2.32. The largest absolute Gasteiger partial charge is 0.502 e. The quantitative estimate of drug-likeness (QED) is 0.700. The van der Waals surface area contributed by atoms with Crippen molar-refractivity contribution >= 4 is 11.7 Å². The average Bonchev–Trinajstić information content (AvgIpc) is 3.10. The van der Waals surface area contributed by atoms with Gasteiger partial charge in [0.1, 0.15) is 23.8 Å². The molecule has 1 aliphatic rings. The molecule has 0 bridgehead atoms. The normalized spacial score (nSPS) is 15.6. The number of imidazole rings is 1. The Hall–Kier alpha value is -3.62. The number of hydrogen-bond donors (Lipinski definition) is 2. The van der Waals surface area contributed by atoms with Gasteiger partial charge < -0.3 is 19.9 Å². The maximum absolute atomic E-state index is 13.7. The molecule has 2 aromatic carbocycles. The molecule has 0 fully saturated rings. The van der Waals surface area contributed by atoms with E-state index in [0.717, 1.165) is 18.2 Å². The van der Waals surface area contributed by atoms with Crippen molar-refractivity contribution in [2.45, 2.75) is 12.3 Å². The Morgan fingerprint density at radius 1 is 1.10 bits per heavy atom. The molecule has 0 radical (unpaired) electrons. The molecule has 4 rings (SSSR count). The van der Waals surface area contributed by atoms with Gasteiger partial charge in [0.2, 0.25) is 11.7 Å². The number of nitrogens with zero attached hydrogens (tertiary/aromatic N) is 2. The minimum absolute atomic E-state index is 0.0958. The minimum atomic E-state index is -0.742. The molecule has 2 N–H and O–H groups in total. The number of hydrogen-bond acceptors (Lipinski definition) is 5. The Labute approximate surface area is 164 Å². The van der Waals surface area contributed by atoms with Crippen LogP contribution < -0.4 is 14.8 Å². The molecular weight excluding hydrogens is 384 g/mol. The van der Waals surface area contributed by atoms with Gasteiger partial charge in [-0.2, -0.15) is 0 Å². The highest BCUT2D eigenvalue weighted by atomic mass is 19.1. The lowest BCUT2D eigenvalue weighted by molar-refractivity contribution is -0.116. The molecule has 150 valence electrons. The number of aromatic nitrogens is 2. The number of phenols is 1. The highest BCUT2D eigenvalue weighted by Crippen LogP contribution is 2.44. The lowest BCUT2D eigenvalue weighted by Gasteiger charge is -2.24. The number of halogens is 2. The summed E-state index contributed by atoms with van der Waals surface area (Å²) in [5.74, 6) is -1.68. The van der Waals surface area contributed by atoms with Crippen LogP contribution in [0.3, 0.4) is 0 Å². The van der Waals surface area contributed by atoms with Crippen molar-refractivity contribution in [1.82, 2.24) is 9.55 Å². The molecule has 1 atom stereocenters. The van der Waals surface area contributed by atoms with Gasteiger partial charge in [-0.05, 0) is 29.8 Å². The van der Waals surface area contributed by atoms with Crippen molar-refractivity contribution < 1.29 is 28.2 Å². The van der Waals surface area contributed by atoms with Gasteiger partial charge in [-0.1, -0.05) is 0 Å². The number of aromatic hydroxyl groups is 1. The zero-order valence-corrected chi connectivity index (χ0v) is 15.6. The van der Waals surface area contributed by atoms with Crippen LogP contribution in [0.25, 0.3) is 5.69 Å². The smallest absolute Gasteiger partial charge is 0.226 e. The van der Waals surface area contributed by atoms with E-state index in [1.807, 2.05) is 0 Å².